The van der Waals surface area contributed by atoms with Gasteiger partial charge in [0.1, 0.15) is 0 Å². The second-order valence-electron chi connectivity index (χ2n) is 6.54. The van der Waals surface area contributed by atoms with Crippen LogP contribution in [0.5, 0.6) is 0 Å². The summed E-state index contributed by atoms with van der Waals surface area (Å²) in [5.74, 6) is -0.175. The monoisotopic (exact) mass is 345 g/mol. The molecule has 1 fully saturated rings. The Bertz CT molecular complexity index is 957. The van der Waals surface area contributed by atoms with Crippen molar-refractivity contribution in [3.05, 3.63) is 71.9 Å². The van der Waals surface area contributed by atoms with Crippen molar-refractivity contribution in [2.45, 2.75) is 25.3 Å². The third kappa shape index (κ3) is 3.72. The van der Waals surface area contributed by atoms with Gasteiger partial charge in [0, 0.05) is 28.9 Å². The van der Waals surface area contributed by atoms with Gasteiger partial charge >= 0.3 is 0 Å². The number of anilines is 1. The van der Waals surface area contributed by atoms with E-state index in [-0.39, 0.29) is 18.2 Å². The van der Waals surface area contributed by atoms with Crippen molar-refractivity contribution in [1.29, 1.82) is 0 Å². The fourth-order valence-corrected chi connectivity index (χ4v) is 2.89. The first-order valence-electron chi connectivity index (χ1n) is 8.72. The predicted molar refractivity (Wildman–Crippen MR) is 101 cm³/mol. The average Bonchev–Trinajstić information content (AvgIpc) is 3.46. The Morgan fingerprint density at radius 2 is 1.77 bits per heavy atom. The van der Waals surface area contributed by atoms with Crippen LogP contribution in [0, 0.1) is 0 Å². The van der Waals surface area contributed by atoms with E-state index in [2.05, 4.69) is 15.6 Å². The largest absolute Gasteiger partial charge is 0.349 e. The molecule has 0 radical (unpaired) electrons. The molecule has 0 bridgehead atoms. The first kappa shape index (κ1) is 16.3. The molecule has 0 spiro atoms. The van der Waals surface area contributed by atoms with Gasteiger partial charge in [-0.3, -0.25) is 14.6 Å². The van der Waals surface area contributed by atoms with E-state index in [4.69, 9.17) is 0 Å². The lowest BCUT2D eigenvalue weighted by atomic mass is 10.1. The van der Waals surface area contributed by atoms with E-state index < -0.39 is 0 Å². The zero-order chi connectivity index (χ0) is 17.9. The number of carbonyl (C=O) groups is 2. The average molecular weight is 345 g/mol. The van der Waals surface area contributed by atoms with Gasteiger partial charge < -0.3 is 10.6 Å². The molecule has 4 rings (SSSR count). The molecule has 2 aromatic carbocycles. The molecule has 0 saturated heterocycles. The molecule has 130 valence electrons. The summed E-state index contributed by atoms with van der Waals surface area (Å²) < 4.78 is 0. The third-order valence-corrected chi connectivity index (χ3v) is 4.41. The molecule has 26 heavy (non-hydrogen) atoms. The number of nitrogens with zero attached hydrogens (tertiary/aromatic N) is 1. The van der Waals surface area contributed by atoms with Crippen molar-refractivity contribution in [3.63, 3.8) is 0 Å². The topological polar surface area (TPSA) is 71.1 Å². The van der Waals surface area contributed by atoms with Gasteiger partial charge in [-0.15, -0.1) is 0 Å². The smallest absolute Gasteiger partial charge is 0.251 e. The number of hydrogen-bond acceptors (Lipinski definition) is 3. The summed E-state index contributed by atoms with van der Waals surface area (Å²) in [5.41, 5.74) is 3.01. The summed E-state index contributed by atoms with van der Waals surface area (Å²) in [4.78, 5) is 28.7. The molecule has 1 saturated carbocycles. The van der Waals surface area contributed by atoms with Crippen LogP contribution in [0.2, 0.25) is 0 Å². The van der Waals surface area contributed by atoms with Crippen molar-refractivity contribution >= 4 is 28.4 Å². The van der Waals surface area contributed by atoms with E-state index in [9.17, 15) is 9.59 Å². The SMILES string of the molecule is O=C(Cc1cccc2cccnc12)Nc1ccc(C(=O)NC2CC2)cc1. The molecule has 0 aliphatic heterocycles. The summed E-state index contributed by atoms with van der Waals surface area (Å²) in [6, 6.07) is 17.0. The Morgan fingerprint density at radius 1 is 1.00 bits per heavy atom. The second kappa shape index (κ2) is 6.96. The number of para-hydroxylation sites is 1. The maximum Gasteiger partial charge on any atom is 0.251 e. The minimum Gasteiger partial charge on any atom is -0.349 e. The Morgan fingerprint density at radius 3 is 2.54 bits per heavy atom. The molecule has 0 unspecified atom stereocenters. The highest BCUT2D eigenvalue weighted by Gasteiger charge is 2.23. The Kier molecular flexibility index (Phi) is 4.35. The number of benzene rings is 2. The van der Waals surface area contributed by atoms with Crippen molar-refractivity contribution < 1.29 is 9.59 Å². The molecule has 1 aromatic heterocycles. The standard InChI is InChI=1S/C21H19N3O2/c25-19(13-16-4-1-3-14-5-2-12-22-20(14)16)23-17-8-6-15(7-9-17)21(26)24-18-10-11-18/h1-9,12,18H,10-11,13H2,(H,23,25)(H,24,26). The fraction of sp³-hybridized carbons (Fsp3) is 0.190. The van der Waals surface area contributed by atoms with Crippen molar-refractivity contribution in [3.8, 4) is 0 Å². The Balaban J connectivity index is 1.42. The van der Waals surface area contributed by atoms with Crippen LogP contribution in [0.3, 0.4) is 0 Å². The number of carbonyl (C=O) groups excluding carboxylic acids is 2. The summed E-state index contributed by atoms with van der Waals surface area (Å²) in [5, 5.41) is 6.84. The summed E-state index contributed by atoms with van der Waals surface area (Å²) >= 11 is 0. The number of amides is 2. The van der Waals surface area contributed by atoms with E-state index in [0.29, 0.717) is 17.3 Å². The summed E-state index contributed by atoms with van der Waals surface area (Å²) in [7, 11) is 0. The minimum atomic E-state index is -0.113. The summed E-state index contributed by atoms with van der Waals surface area (Å²) in [6.07, 6.45) is 4.10. The van der Waals surface area contributed by atoms with Crippen LogP contribution in [0.25, 0.3) is 10.9 Å². The van der Waals surface area contributed by atoms with Crippen LogP contribution >= 0.6 is 0 Å². The molecule has 3 aromatic rings. The van der Waals surface area contributed by atoms with Gasteiger partial charge in [-0.25, -0.2) is 0 Å². The van der Waals surface area contributed by atoms with E-state index in [1.54, 1.807) is 30.5 Å². The van der Waals surface area contributed by atoms with Gasteiger partial charge in [-0.05, 0) is 48.7 Å². The first-order valence-corrected chi connectivity index (χ1v) is 8.72. The molecule has 2 N–H and O–H groups in total. The predicted octanol–water partition coefficient (Wildman–Crippen LogP) is 3.31. The highest BCUT2D eigenvalue weighted by atomic mass is 16.2. The van der Waals surface area contributed by atoms with Gasteiger partial charge in [0.25, 0.3) is 5.91 Å². The zero-order valence-corrected chi connectivity index (χ0v) is 14.2. The highest BCUT2D eigenvalue weighted by Crippen LogP contribution is 2.20. The lowest BCUT2D eigenvalue weighted by Gasteiger charge is -2.08. The van der Waals surface area contributed by atoms with Crippen LogP contribution in [0.15, 0.2) is 60.8 Å². The molecule has 0 atom stereocenters. The molecular weight excluding hydrogens is 326 g/mol. The molecule has 2 amide bonds. The molecule has 1 aliphatic carbocycles. The van der Waals surface area contributed by atoms with Crippen LogP contribution in [-0.2, 0) is 11.2 Å². The Hall–Kier alpha value is -3.21. The van der Waals surface area contributed by atoms with E-state index >= 15 is 0 Å². The molecule has 1 heterocycles. The van der Waals surface area contributed by atoms with E-state index in [1.165, 1.54) is 0 Å². The van der Waals surface area contributed by atoms with Crippen molar-refractivity contribution in [2.24, 2.45) is 0 Å². The first-order chi connectivity index (χ1) is 12.7. The van der Waals surface area contributed by atoms with Gasteiger partial charge in [-0.2, -0.15) is 0 Å². The van der Waals surface area contributed by atoms with Gasteiger partial charge in [0.15, 0.2) is 0 Å². The number of aromatic nitrogens is 1. The third-order valence-electron chi connectivity index (χ3n) is 4.41. The highest BCUT2D eigenvalue weighted by molar-refractivity contribution is 5.97. The fourth-order valence-electron chi connectivity index (χ4n) is 2.89. The van der Waals surface area contributed by atoms with Crippen molar-refractivity contribution in [2.75, 3.05) is 5.32 Å². The van der Waals surface area contributed by atoms with Crippen LogP contribution in [0.4, 0.5) is 5.69 Å². The number of hydrogen-bond donors (Lipinski definition) is 2. The van der Waals surface area contributed by atoms with Gasteiger partial charge in [-0.1, -0.05) is 24.3 Å². The molecule has 1 aliphatic rings. The number of fused-ring (bicyclic) bond motifs is 1. The van der Waals surface area contributed by atoms with Crippen LogP contribution in [0.1, 0.15) is 28.8 Å². The second-order valence-corrected chi connectivity index (χ2v) is 6.54. The normalized spacial score (nSPS) is 13.4. The lowest BCUT2D eigenvalue weighted by molar-refractivity contribution is -0.115. The maximum absolute atomic E-state index is 12.4. The molecule has 5 heteroatoms. The van der Waals surface area contributed by atoms with Crippen molar-refractivity contribution in [1.82, 2.24) is 10.3 Å². The number of nitrogens with one attached hydrogen (secondary N) is 2. The number of pyridine rings is 1. The quantitative estimate of drug-likeness (QED) is 0.745. The minimum absolute atomic E-state index is 0.0628. The number of rotatable bonds is 5. The zero-order valence-electron chi connectivity index (χ0n) is 14.2. The van der Waals surface area contributed by atoms with Crippen LogP contribution in [-0.4, -0.2) is 22.8 Å². The van der Waals surface area contributed by atoms with Gasteiger partial charge in [0.05, 0.1) is 11.9 Å². The van der Waals surface area contributed by atoms with E-state index in [1.807, 2.05) is 30.3 Å². The molecule has 5 nitrogen and oxygen atoms in total. The summed E-state index contributed by atoms with van der Waals surface area (Å²) in [6.45, 7) is 0. The van der Waals surface area contributed by atoms with Crippen LogP contribution < -0.4 is 10.6 Å². The van der Waals surface area contributed by atoms with E-state index in [0.717, 1.165) is 29.3 Å². The lowest BCUT2D eigenvalue weighted by Crippen LogP contribution is -2.25. The van der Waals surface area contributed by atoms with Gasteiger partial charge in [0.2, 0.25) is 5.91 Å². The Labute approximate surface area is 151 Å². The maximum atomic E-state index is 12.4. The molecular formula is C21H19N3O2.